The van der Waals surface area contributed by atoms with Gasteiger partial charge in [0.05, 0.1) is 6.61 Å². The molecule has 1 N–H and O–H groups in total. The first-order valence-electron chi connectivity index (χ1n) is 8.67. The van der Waals surface area contributed by atoms with Crippen molar-refractivity contribution in [2.24, 2.45) is 5.92 Å². The molecule has 3 rings (SSSR count). The first-order valence-corrected chi connectivity index (χ1v) is 8.67. The van der Waals surface area contributed by atoms with Gasteiger partial charge in [-0.2, -0.15) is 0 Å². The Balaban J connectivity index is 1.77. The highest BCUT2D eigenvalue weighted by atomic mass is 16.5. The van der Waals surface area contributed by atoms with Crippen molar-refractivity contribution >= 4 is 28.5 Å². The fourth-order valence-corrected chi connectivity index (χ4v) is 3.35. The van der Waals surface area contributed by atoms with Gasteiger partial charge in [0.25, 0.3) is 0 Å². The molecule has 0 aliphatic heterocycles. The van der Waals surface area contributed by atoms with Gasteiger partial charge < -0.3 is 14.5 Å². The van der Waals surface area contributed by atoms with E-state index in [1.807, 2.05) is 18.2 Å². The van der Waals surface area contributed by atoms with Crippen molar-refractivity contribution < 1.29 is 18.7 Å². The Morgan fingerprint density at radius 2 is 2.00 bits per heavy atom. The number of benzene rings is 1. The maximum absolute atomic E-state index is 12.3. The normalized spacial score (nSPS) is 14.9. The molecule has 1 heterocycles. The molecule has 5 nitrogen and oxygen atoms in total. The minimum absolute atomic E-state index is 0.0623. The van der Waals surface area contributed by atoms with Gasteiger partial charge in [-0.15, -0.1) is 0 Å². The van der Waals surface area contributed by atoms with Gasteiger partial charge >= 0.3 is 5.97 Å². The Kier molecular flexibility index (Phi) is 5.18. The fourth-order valence-electron chi connectivity index (χ4n) is 3.35. The summed E-state index contributed by atoms with van der Waals surface area (Å²) in [6.07, 6.45) is 6.34. The van der Waals surface area contributed by atoms with Gasteiger partial charge in [0.15, 0.2) is 0 Å². The Morgan fingerprint density at radius 1 is 1.25 bits per heavy atom. The number of furan rings is 1. The minimum Gasteiger partial charge on any atom is -0.460 e. The van der Waals surface area contributed by atoms with Crippen LogP contribution in [0.2, 0.25) is 0 Å². The number of anilines is 1. The van der Waals surface area contributed by atoms with Gasteiger partial charge in [0.1, 0.15) is 11.3 Å². The lowest BCUT2D eigenvalue weighted by Crippen LogP contribution is -2.15. The third kappa shape index (κ3) is 3.61. The van der Waals surface area contributed by atoms with E-state index in [1.54, 1.807) is 13.0 Å². The molecule has 1 aliphatic carbocycles. The number of hydrogen-bond donors (Lipinski definition) is 1. The third-order valence-corrected chi connectivity index (χ3v) is 4.58. The smallest absolute Gasteiger partial charge is 0.376 e. The van der Waals surface area contributed by atoms with E-state index >= 15 is 0 Å². The molecule has 128 valence electrons. The zero-order chi connectivity index (χ0) is 16.9. The number of rotatable bonds is 6. The average molecular weight is 329 g/mol. The summed E-state index contributed by atoms with van der Waals surface area (Å²) in [5, 5.41) is 3.58. The summed E-state index contributed by atoms with van der Waals surface area (Å²) < 4.78 is 10.6. The van der Waals surface area contributed by atoms with Crippen molar-refractivity contribution in [3.63, 3.8) is 0 Å². The van der Waals surface area contributed by atoms with Crippen LogP contribution in [0.4, 0.5) is 5.69 Å². The number of carbonyl (C=O) groups excluding carboxylic acids is 2. The van der Waals surface area contributed by atoms with Gasteiger partial charge in [-0.1, -0.05) is 37.8 Å². The number of ether oxygens (including phenoxy) is 1. The molecule has 0 spiro atoms. The van der Waals surface area contributed by atoms with E-state index in [2.05, 4.69) is 5.32 Å². The molecule has 1 amide bonds. The number of para-hydroxylation sites is 1. The largest absolute Gasteiger partial charge is 0.460 e. The summed E-state index contributed by atoms with van der Waals surface area (Å²) in [5.41, 5.74) is 0.979. The Morgan fingerprint density at radius 3 is 2.75 bits per heavy atom. The summed E-state index contributed by atoms with van der Waals surface area (Å²) in [6.45, 7) is 1.99. The van der Waals surface area contributed by atoms with Crippen LogP contribution in [-0.4, -0.2) is 18.5 Å². The predicted octanol–water partition coefficient (Wildman–Crippen LogP) is 4.52. The molecule has 0 unspecified atom stereocenters. The van der Waals surface area contributed by atoms with Crippen LogP contribution < -0.4 is 5.32 Å². The molecular formula is C19H23NO4. The molecular weight excluding hydrogens is 306 g/mol. The molecule has 2 aromatic rings. The molecule has 24 heavy (non-hydrogen) atoms. The topological polar surface area (TPSA) is 68.5 Å². The Hall–Kier alpha value is -2.30. The van der Waals surface area contributed by atoms with Crippen LogP contribution in [0, 0.1) is 5.92 Å². The standard InChI is InChI=1S/C19H23NO4/c1-2-23-19(22)18-17(14-9-5-6-10-15(14)24-18)20-16(21)12-11-13-7-3-4-8-13/h5-6,9-10,13H,2-4,7-8,11-12H2,1H3,(H,20,21). The lowest BCUT2D eigenvalue weighted by atomic mass is 10.0. The number of amides is 1. The van der Waals surface area contributed by atoms with E-state index < -0.39 is 5.97 Å². The highest BCUT2D eigenvalue weighted by molar-refractivity contribution is 6.09. The molecule has 1 fully saturated rings. The maximum Gasteiger partial charge on any atom is 0.376 e. The monoisotopic (exact) mass is 329 g/mol. The van der Waals surface area contributed by atoms with Gasteiger partial charge in [-0.3, -0.25) is 4.79 Å². The van der Waals surface area contributed by atoms with E-state index in [0.29, 0.717) is 23.6 Å². The van der Waals surface area contributed by atoms with Crippen LogP contribution in [0.15, 0.2) is 28.7 Å². The first kappa shape index (κ1) is 16.6. The molecule has 5 heteroatoms. The summed E-state index contributed by atoms with van der Waals surface area (Å²) in [5.74, 6) is 0.0763. The highest BCUT2D eigenvalue weighted by Gasteiger charge is 2.23. The van der Waals surface area contributed by atoms with Crippen LogP contribution in [0.5, 0.6) is 0 Å². The zero-order valence-electron chi connectivity index (χ0n) is 14.0. The number of esters is 1. The van der Waals surface area contributed by atoms with E-state index in [1.165, 1.54) is 25.7 Å². The maximum atomic E-state index is 12.3. The Labute approximate surface area is 141 Å². The minimum atomic E-state index is -0.556. The molecule has 0 atom stereocenters. The second-order valence-electron chi connectivity index (χ2n) is 6.26. The second kappa shape index (κ2) is 7.51. The van der Waals surface area contributed by atoms with Crippen molar-refractivity contribution in [1.82, 2.24) is 0 Å². The van der Waals surface area contributed by atoms with Crippen molar-refractivity contribution in [1.29, 1.82) is 0 Å². The van der Waals surface area contributed by atoms with Gasteiger partial charge in [0.2, 0.25) is 11.7 Å². The molecule has 0 saturated heterocycles. The lowest BCUT2D eigenvalue weighted by molar-refractivity contribution is -0.116. The van der Waals surface area contributed by atoms with Crippen molar-refractivity contribution in [3.05, 3.63) is 30.0 Å². The number of nitrogens with one attached hydrogen (secondary N) is 1. The molecule has 1 aromatic carbocycles. The van der Waals surface area contributed by atoms with Gasteiger partial charge in [0, 0.05) is 11.8 Å². The first-order chi connectivity index (χ1) is 11.7. The van der Waals surface area contributed by atoms with Crippen LogP contribution in [0.25, 0.3) is 11.0 Å². The van der Waals surface area contributed by atoms with Crippen molar-refractivity contribution in [3.8, 4) is 0 Å². The van der Waals surface area contributed by atoms with Crippen LogP contribution in [-0.2, 0) is 9.53 Å². The van der Waals surface area contributed by atoms with Crippen LogP contribution in [0.1, 0.15) is 56.0 Å². The molecule has 0 radical (unpaired) electrons. The number of hydrogen-bond acceptors (Lipinski definition) is 4. The quantitative estimate of drug-likeness (QED) is 0.791. The summed E-state index contributed by atoms with van der Waals surface area (Å²) in [4.78, 5) is 24.5. The summed E-state index contributed by atoms with van der Waals surface area (Å²) in [6, 6.07) is 7.27. The van der Waals surface area contributed by atoms with E-state index in [4.69, 9.17) is 9.15 Å². The lowest BCUT2D eigenvalue weighted by Gasteiger charge is -2.09. The molecule has 1 saturated carbocycles. The van der Waals surface area contributed by atoms with Gasteiger partial charge in [-0.25, -0.2) is 4.79 Å². The van der Waals surface area contributed by atoms with E-state index in [0.717, 1.165) is 11.8 Å². The average Bonchev–Trinajstić information content (AvgIpc) is 3.21. The fraction of sp³-hybridized carbons (Fsp3) is 0.474. The van der Waals surface area contributed by atoms with Crippen LogP contribution >= 0.6 is 0 Å². The van der Waals surface area contributed by atoms with Crippen LogP contribution in [0.3, 0.4) is 0 Å². The number of carbonyl (C=O) groups is 2. The number of fused-ring (bicyclic) bond motifs is 1. The summed E-state index contributed by atoms with van der Waals surface area (Å²) >= 11 is 0. The Bertz CT molecular complexity index is 728. The third-order valence-electron chi connectivity index (χ3n) is 4.58. The summed E-state index contributed by atoms with van der Waals surface area (Å²) in [7, 11) is 0. The van der Waals surface area contributed by atoms with E-state index in [9.17, 15) is 9.59 Å². The van der Waals surface area contributed by atoms with Crippen molar-refractivity contribution in [2.45, 2.75) is 45.4 Å². The SMILES string of the molecule is CCOC(=O)c1oc2ccccc2c1NC(=O)CCC1CCCC1. The molecule has 1 aliphatic rings. The zero-order valence-corrected chi connectivity index (χ0v) is 14.0. The second-order valence-corrected chi connectivity index (χ2v) is 6.26. The van der Waals surface area contributed by atoms with Crippen molar-refractivity contribution in [2.75, 3.05) is 11.9 Å². The molecule has 1 aromatic heterocycles. The van der Waals surface area contributed by atoms with E-state index in [-0.39, 0.29) is 18.3 Å². The predicted molar refractivity (Wildman–Crippen MR) is 92.0 cm³/mol. The molecule has 0 bridgehead atoms. The van der Waals surface area contributed by atoms with Gasteiger partial charge in [-0.05, 0) is 31.4 Å². The highest BCUT2D eigenvalue weighted by Crippen LogP contribution is 2.32.